The van der Waals surface area contributed by atoms with Crippen LogP contribution < -0.4 is 5.32 Å². The van der Waals surface area contributed by atoms with Gasteiger partial charge in [-0.15, -0.1) is 0 Å². The van der Waals surface area contributed by atoms with Crippen LogP contribution in [0.2, 0.25) is 0 Å². The molecule has 0 saturated carbocycles. The summed E-state index contributed by atoms with van der Waals surface area (Å²) in [6.07, 6.45) is 12.1. The number of carbonyl (C=O) groups excluding carboxylic acids is 1. The minimum absolute atomic E-state index is 0.281. The second-order valence-corrected chi connectivity index (χ2v) is 6.47. The molecule has 0 unspecified atom stereocenters. The minimum Gasteiger partial charge on any atom is -0.342 e. The van der Waals surface area contributed by atoms with Crippen LogP contribution >= 0.6 is 0 Å². The van der Waals surface area contributed by atoms with Crippen molar-refractivity contribution in [1.29, 1.82) is 0 Å². The van der Waals surface area contributed by atoms with Crippen molar-refractivity contribution in [2.75, 3.05) is 26.2 Å². The lowest BCUT2D eigenvalue weighted by atomic mass is 9.96. The van der Waals surface area contributed by atoms with Crippen LogP contribution in [-0.4, -0.2) is 37.0 Å². The van der Waals surface area contributed by atoms with Crippen molar-refractivity contribution in [2.45, 2.75) is 78.1 Å². The SMILES string of the molecule is CCCCCCN(CCCCCC)C(=O)C1CCNCC1. The Kier molecular flexibility index (Phi) is 10.6. The van der Waals surface area contributed by atoms with Gasteiger partial charge in [0.05, 0.1) is 0 Å². The molecule has 0 aromatic carbocycles. The molecule has 1 saturated heterocycles. The monoisotopic (exact) mass is 296 g/mol. The molecule has 0 bridgehead atoms. The average Bonchev–Trinajstić information content (AvgIpc) is 2.53. The van der Waals surface area contributed by atoms with Crippen molar-refractivity contribution in [2.24, 2.45) is 5.92 Å². The van der Waals surface area contributed by atoms with Crippen LogP contribution in [0.25, 0.3) is 0 Å². The predicted molar refractivity (Wildman–Crippen MR) is 90.5 cm³/mol. The highest BCUT2D eigenvalue weighted by atomic mass is 16.2. The van der Waals surface area contributed by atoms with E-state index in [-0.39, 0.29) is 5.92 Å². The van der Waals surface area contributed by atoms with E-state index in [1.54, 1.807) is 0 Å². The van der Waals surface area contributed by atoms with E-state index in [9.17, 15) is 4.79 Å². The van der Waals surface area contributed by atoms with E-state index in [1.165, 1.54) is 51.4 Å². The molecular formula is C18H36N2O. The largest absolute Gasteiger partial charge is 0.342 e. The zero-order chi connectivity index (χ0) is 15.3. The maximum Gasteiger partial charge on any atom is 0.225 e. The van der Waals surface area contributed by atoms with Crippen molar-refractivity contribution in [3.63, 3.8) is 0 Å². The minimum atomic E-state index is 0.281. The van der Waals surface area contributed by atoms with Gasteiger partial charge in [-0.25, -0.2) is 0 Å². The summed E-state index contributed by atoms with van der Waals surface area (Å²) in [5.41, 5.74) is 0. The predicted octanol–water partition coefficient (Wildman–Crippen LogP) is 3.98. The second kappa shape index (κ2) is 12.0. The van der Waals surface area contributed by atoms with Gasteiger partial charge in [-0.3, -0.25) is 4.79 Å². The molecule has 1 aliphatic heterocycles. The zero-order valence-corrected chi connectivity index (χ0v) is 14.3. The van der Waals surface area contributed by atoms with Gasteiger partial charge in [0, 0.05) is 19.0 Å². The lowest BCUT2D eigenvalue weighted by molar-refractivity contribution is -0.136. The molecule has 0 radical (unpaired) electrons. The molecule has 1 amide bonds. The molecule has 0 aromatic heterocycles. The van der Waals surface area contributed by atoms with Crippen molar-refractivity contribution >= 4 is 5.91 Å². The molecule has 1 heterocycles. The number of carbonyl (C=O) groups is 1. The summed E-state index contributed by atoms with van der Waals surface area (Å²) in [6.45, 7) is 8.46. The molecule has 0 atom stereocenters. The van der Waals surface area contributed by atoms with Crippen molar-refractivity contribution < 1.29 is 4.79 Å². The van der Waals surface area contributed by atoms with Gasteiger partial charge >= 0.3 is 0 Å². The Bertz CT molecular complexity index is 250. The number of piperidine rings is 1. The van der Waals surface area contributed by atoms with Gasteiger partial charge < -0.3 is 10.2 Å². The fraction of sp³-hybridized carbons (Fsp3) is 0.944. The standard InChI is InChI=1S/C18H36N2O/c1-3-5-7-9-15-20(16-10-8-6-4-2)18(21)17-11-13-19-14-12-17/h17,19H,3-16H2,1-2H3. The fourth-order valence-electron chi connectivity index (χ4n) is 3.12. The molecule has 1 fully saturated rings. The Morgan fingerprint density at radius 1 is 0.905 bits per heavy atom. The van der Waals surface area contributed by atoms with Crippen LogP contribution in [-0.2, 0) is 4.79 Å². The molecule has 1 aliphatic rings. The molecule has 1 rings (SSSR count). The van der Waals surface area contributed by atoms with E-state index < -0.39 is 0 Å². The molecule has 0 spiro atoms. The van der Waals surface area contributed by atoms with E-state index >= 15 is 0 Å². The van der Waals surface area contributed by atoms with Gasteiger partial charge in [-0.1, -0.05) is 52.4 Å². The maximum absolute atomic E-state index is 12.7. The number of amides is 1. The smallest absolute Gasteiger partial charge is 0.225 e. The number of rotatable bonds is 11. The topological polar surface area (TPSA) is 32.3 Å². The third-order valence-corrected chi connectivity index (χ3v) is 4.56. The summed E-state index contributed by atoms with van der Waals surface area (Å²) in [7, 11) is 0. The van der Waals surface area contributed by atoms with E-state index in [2.05, 4.69) is 24.1 Å². The number of hydrogen-bond acceptors (Lipinski definition) is 2. The molecule has 0 aromatic rings. The quantitative estimate of drug-likeness (QED) is 0.585. The number of hydrogen-bond donors (Lipinski definition) is 1. The number of nitrogens with zero attached hydrogens (tertiary/aromatic N) is 1. The molecule has 124 valence electrons. The van der Waals surface area contributed by atoms with Crippen LogP contribution in [0.1, 0.15) is 78.1 Å². The van der Waals surface area contributed by atoms with Crippen molar-refractivity contribution in [3.8, 4) is 0 Å². The lowest BCUT2D eigenvalue weighted by Gasteiger charge is -2.30. The van der Waals surface area contributed by atoms with Crippen molar-refractivity contribution in [3.05, 3.63) is 0 Å². The van der Waals surface area contributed by atoms with Gasteiger partial charge in [0.2, 0.25) is 5.91 Å². The van der Waals surface area contributed by atoms with Gasteiger partial charge in [0.15, 0.2) is 0 Å². The van der Waals surface area contributed by atoms with Crippen LogP contribution in [0, 0.1) is 5.92 Å². The highest BCUT2D eigenvalue weighted by Crippen LogP contribution is 2.17. The van der Waals surface area contributed by atoms with E-state index in [4.69, 9.17) is 0 Å². The zero-order valence-electron chi connectivity index (χ0n) is 14.3. The van der Waals surface area contributed by atoms with Crippen molar-refractivity contribution in [1.82, 2.24) is 10.2 Å². The highest BCUT2D eigenvalue weighted by molar-refractivity contribution is 5.79. The Hall–Kier alpha value is -0.570. The highest BCUT2D eigenvalue weighted by Gasteiger charge is 2.25. The van der Waals surface area contributed by atoms with Crippen LogP contribution in [0.15, 0.2) is 0 Å². The van der Waals surface area contributed by atoms with Gasteiger partial charge in [0.1, 0.15) is 0 Å². The molecule has 0 aliphatic carbocycles. The normalized spacial score (nSPS) is 16.1. The van der Waals surface area contributed by atoms with Crippen LogP contribution in [0.4, 0.5) is 0 Å². The third kappa shape index (κ3) is 7.85. The first-order valence-corrected chi connectivity index (χ1v) is 9.29. The van der Waals surface area contributed by atoms with Gasteiger partial charge in [-0.2, -0.15) is 0 Å². The molecular weight excluding hydrogens is 260 g/mol. The summed E-state index contributed by atoms with van der Waals surface area (Å²) in [6, 6.07) is 0. The Labute approximate surface area is 131 Å². The number of nitrogens with one attached hydrogen (secondary N) is 1. The van der Waals surface area contributed by atoms with E-state index in [1.807, 2.05) is 0 Å². The second-order valence-electron chi connectivity index (χ2n) is 6.47. The van der Waals surface area contributed by atoms with Gasteiger partial charge in [-0.05, 0) is 38.8 Å². The summed E-state index contributed by atoms with van der Waals surface area (Å²) < 4.78 is 0. The maximum atomic E-state index is 12.7. The molecule has 3 nitrogen and oxygen atoms in total. The Morgan fingerprint density at radius 3 is 1.90 bits per heavy atom. The number of unbranched alkanes of at least 4 members (excludes halogenated alkanes) is 6. The van der Waals surface area contributed by atoms with Crippen LogP contribution in [0.5, 0.6) is 0 Å². The first kappa shape index (κ1) is 18.5. The van der Waals surface area contributed by atoms with E-state index in [0.29, 0.717) is 5.91 Å². The summed E-state index contributed by atoms with van der Waals surface area (Å²) in [5.74, 6) is 0.716. The Balaban J connectivity index is 2.38. The molecule has 3 heteroatoms. The summed E-state index contributed by atoms with van der Waals surface area (Å²) >= 11 is 0. The first-order valence-electron chi connectivity index (χ1n) is 9.29. The fourth-order valence-corrected chi connectivity index (χ4v) is 3.12. The first-order chi connectivity index (χ1) is 10.3. The third-order valence-electron chi connectivity index (χ3n) is 4.56. The lowest BCUT2D eigenvalue weighted by Crippen LogP contribution is -2.42. The molecule has 1 N–H and O–H groups in total. The van der Waals surface area contributed by atoms with E-state index in [0.717, 1.165) is 39.0 Å². The summed E-state index contributed by atoms with van der Waals surface area (Å²) in [4.78, 5) is 14.9. The van der Waals surface area contributed by atoms with Gasteiger partial charge in [0.25, 0.3) is 0 Å². The Morgan fingerprint density at radius 2 is 1.43 bits per heavy atom. The van der Waals surface area contributed by atoms with Crippen LogP contribution in [0.3, 0.4) is 0 Å². The average molecular weight is 296 g/mol. The molecule has 21 heavy (non-hydrogen) atoms. The summed E-state index contributed by atoms with van der Waals surface area (Å²) in [5, 5.41) is 3.36.